The number of nitrogens with one attached hydrogen (secondary N) is 1. The molecule has 0 spiro atoms. The van der Waals surface area contributed by atoms with Crippen LogP contribution in [0.4, 0.5) is 4.79 Å². The van der Waals surface area contributed by atoms with Crippen molar-refractivity contribution in [2.45, 2.75) is 45.9 Å². The van der Waals surface area contributed by atoms with Crippen molar-refractivity contribution in [2.75, 3.05) is 0 Å². The minimum absolute atomic E-state index is 0.0864. The average Bonchev–Trinajstić information content (AvgIpc) is 2.89. The van der Waals surface area contributed by atoms with Crippen molar-refractivity contribution in [1.29, 1.82) is 0 Å². The molecule has 7 nitrogen and oxygen atoms in total. The lowest BCUT2D eigenvalue weighted by molar-refractivity contribution is -0.190. The van der Waals surface area contributed by atoms with Gasteiger partial charge in [-0.25, -0.2) is 9.69 Å². The topological polar surface area (TPSA) is 95.9 Å². The molecule has 1 aliphatic rings. The summed E-state index contributed by atoms with van der Waals surface area (Å²) >= 11 is 0. The van der Waals surface area contributed by atoms with Crippen molar-refractivity contribution < 1.29 is 24.2 Å². The zero-order chi connectivity index (χ0) is 25.7. The number of β-lactam (4-membered cyclic amide) rings is 1. The minimum Gasteiger partial charge on any atom is -0.481 e. The Morgan fingerprint density at radius 3 is 2.06 bits per heavy atom. The van der Waals surface area contributed by atoms with E-state index in [9.17, 15) is 14.4 Å². The van der Waals surface area contributed by atoms with Crippen LogP contribution in [0.3, 0.4) is 0 Å². The molecule has 0 saturated carbocycles. The van der Waals surface area contributed by atoms with Crippen LogP contribution in [-0.2, 0) is 22.6 Å². The van der Waals surface area contributed by atoms with Gasteiger partial charge in [-0.3, -0.25) is 9.59 Å². The monoisotopic (exact) mass is 486 g/mol. The zero-order valence-corrected chi connectivity index (χ0v) is 20.4. The largest absolute Gasteiger partial charge is 0.481 e. The second kappa shape index (κ2) is 10.6. The molecule has 3 amide bonds. The number of urea groups is 1. The third kappa shape index (κ3) is 4.96. The van der Waals surface area contributed by atoms with E-state index < -0.39 is 23.6 Å². The van der Waals surface area contributed by atoms with E-state index in [2.05, 4.69) is 5.32 Å². The number of carbonyl (C=O) groups excluding carboxylic acids is 2. The van der Waals surface area contributed by atoms with Crippen molar-refractivity contribution in [3.63, 3.8) is 0 Å². The summed E-state index contributed by atoms with van der Waals surface area (Å²) in [5.41, 5.74) is 2.98. The van der Waals surface area contributed by atoms with Gasteiger partial charge in [0.25, 0.3) is 0 Å². The normalized spacial score (nSPS) is 16.2. The molecule has 36 heavy (non-hydrogen) atoms. The first-order valence-corrected chi connectivity index (χ1v) is 12.1. The molecular weight excluding hydrogens is 456 g/mol. The highest BCUT2D eigenvalue weighted by atomic mass is 16.5. The van der Waals surface area contributed by atoms with Crippen LogP contribution >= 0.6 is 0 Å². The molecule has 1 aliphatic heterocycles. The Hall–Kier alpha value is -4.13. The van der Waals surface area contributed by atoms with Crippen molar-refractivity contribution in [3.8, 4) is 16.9 Å². The molecule has 2 N–H and O–H groups in total. The maximum Gasteiger partial charge on any atom is 0.327 e. The van der Waals surface area contributed by atoms with Crippen LogP contribution in [0.15, 0.2) is 78.9 Å². The molecule has 186 valence electrons. The molecular formula is C29H30N2O5. The molecule has 1 atom stereocenters. The average molecular weight is 487 g/mol. The third-order valence-corrected chi connectivity index (χ3v) is 6.86. The van der Waals surface area contributed by atoms with E-state index in [0.717, 1.165) is 21.6 Å². The van der Waals surface area contributed by atoms with Gasteiger partial charge in [-0.1, -0.05) is 80.6 Å². The van der Waals surface area contributed by atoms with Gasteiger partial charge in [-0.15, -0.1) is 0 Å². The highest BCUT2D eigenvalue weighted by molar-refractivity contribution is 6.03. The molecule has 1 unspecified atom stereocenters. The number of aliphatic carboxylic acids is 1. The minimum atomic E-state index is -0.915. The summed E-state index contributed by atoms with van der Waals surface area (Å²) in [6.45, 7) is 4.11. The second-order valence-corrected chi connectivity index (χ2v) is 8.94. The van der Waals surface area contributed by atoms with E-state index in [4.69, 9.17) is 9.84 Å². The van der Waals surface area contributed by atoms with Crippen LogP contribution < -0.4 is 10.1 Å². The summed E-state index contributed by atoms with van der Waals surface area (Å²) in [6.07, 6.45) is 0.242. The van der Waals surface area contributed by atoms with Gasteiger partial charge >= 0.3 is 12.0 Å². The number of benzene rings is 3. The quantitative estimate of drug-likeness (QED) is 0.403. The maximum atomic E-state index is 13.1. The molecule has 4 rings (SSSR count). The lowest BCUT2D eigenvalue weighted by Gasteiger charge is -2.53. The fourth-order valence-electron chi connectivity index (χ4n) is 4.60. The van der Waals surface area contributed by atoms with Crippen LogP contribution in [0.2, 0.25) is 0 Å². The number of imide groups is 1. The number of hydrogen-bond donors (Lipinski definition) is 2. The van der Waals surface area contributed by atoms with Gasteiger partial charge < -0.3 is 15.2 Å². The molecule has 3 aromatic carbocycles. The summed E-state index contributed by atoms with van der Waals surface area (Å²) in [4.78, 5) is 38.2. The van der Waals surface area contributed by atoms with E-state index in [-0.39, 0.29) is 18.9 Å². The van der Waals surface area contributed by atoms with Crippen LogP contribution in [0, 0.1) is 5.41 Å². The number of hydrogen-bond acceptors (Lipinski definition) is 4. The Morgan fingerprint density at radius 1 is 0.889 bits per heavy atom. The molecule has 0 radical (unpaired) electrons. The number of nitrogens with zero attached hydrogens (tertiary/aromatic N) is 1. The SMILES string of the molecule is CCC1(CC)C(=O)N(C(=O)NCc2ccc(-c3ccccc3)cc2)C1Oc1ccc(CC(=O)O)cc1. The number of ether oxygens (including phenoxy) is 1. The third-order valence-electron chi connectivity index (χ3n) is 6.86. The van der Waals surface area contributed by atoms with E-state index in [1.54, 1.807) is 24.3 Å². The van der Waals surface area contributed by atoms with Crippen molar-refractivity contribution in [2.24, 2.45) is 5.41 Å². The van der Waals surface area contributed by atoms with Crippen molar-refractivity contribution in [3.05, 3.63) is 90.0 Å². The molecule has 0 bridgehead atoms. The van der Waals surface area contributed by atoms with E-state index in [1.165, 1.54) is 0 Å². The van der Waals surface area contributed by atoms with Crippen molar-refractivity contribution >= 4 is 17.9 Å². The highest BCUT2D eigenvalue weighted by Gasteiger charge is 2.62. The second-order valence-electron chi connectivity index (χ2n) is 8.94. The van der Waals surface area contributed by atoms with Gasteiger partial charge in [0.1, 0.15) is 11.2 Å². The first-order chi connectivity index (χ1) is 17.4. The molecule has 1 fully saturated rings. The number of carbonyl (C=O) groups is 3. The Bertz CT molecular complexity index is 1220. The standard InChI is InChI=1S/C29H30N2O5/c1-3-29(4-2)26(34)31(27(29)36-24-16-12-20(13-17-24)18-25(32)33)28(35)30-19-21-10-14-23(15-11-21)22-8-6-5-7-9-22/h5-17,27H,3-4,18-19H2,1-2H3,(H,30,35)(H,32,33). The molecule has 1 heterocycles. The lowest BCUT2D eigenvalue weighted by Crippen LogP contribution is -2.73. The van der Waals surface area contributed by atoms with Gasteiger partial charge in [0, 0.05) is 6.54 Å². The summed E-state index contributed by atoms with van der Waals surface area (Å²) in [5.74, 6) is -0.694. The molecule has 0 aromatic heterocycles. The predicted molar refractivity (Wildman–Crippen MR) is 136 cm³/mol. The number of likely N-dealkylation sites (tertiary alicyclic amines) is 1. The maximum absolute atomic E-state index is 13.1. The molecule has 3 aromatic rings. The number of amides is 3. The highest BCUT2D eigenvalue weighted by Crippen LogP contribution is 2.46. The van der Waals surface area contributed by atoms with Gasteiger partial charge in [0.15, 0.2) is 6.23 Å². The van der Waals surface area contributed by atoms with Gasteiger partial charge in [0.2, 0.25) is 5.91 Å². The summed E-state index contributed by atoms with van der Waals surface area (Å²) in [5, 5.41) is 11.8. The summed E-state index contributed by atoms with van der Waals surface area (Å²) < 4.78 is 6.13. The lowest BCUT2D eigenvalue weighted by atomic mass is 9.72. The first kappa shape index (κ1) is 25.0. The van der Waals surface area contributed by atoms with Crippen molar-refractivity contribution in [1.82, 2.24) is 10.2 Å². The Morgan fingerprint density at radius 2 is 1.47 bits per heavy atom. The Labute approximate surface area is 210 Å². The number of carboxylic acid groups (broad SMARTS) is 1. The van der Waals surface area contributed by atoms with Crippen LogP contribution in [0.25, 0.3) is 11.1 Å². The first-order valence-electron chi connectivity index (χ1n) is 12.1. The van der Waals surface area contributed by atoms with Gasteiger partial charge in [-0.2, -0.15) is 0 Å². The zero-order valence-electron chi connectivity index (χ0n) is 20.4. The van der Waals surface area contributed by atoms with Gasteiger partial charge in [0.05, 0.1) is 6.42 Å². The van der Waals surface area contributed by atoms with Gasteiger partial charge in [-0.05, 0) is 47.2 Å². The summed E-state index contributed by atoms with van der Waals surface area (Å²) in [7, 11) is 0. The van der Waals surface area contributed by atoms with E-state index in [1.807, 2.05) is 68.4 Å². The Kier molecular flexibility index (Phi) is 7.38. The predicted octanol–water partition coefficient (Wildman–Crippen LogP) is 5.24. The smallest absolute Gasteiger partial charge is 0.327 e. The molecule has 0 aliphatic carbocycles. The number of rotatable bonds is 9. The van der Waals surface area contributed by atoms with Crippen LogP contribution in [-0.4, -0.2) is 34.1 Å². The van der Waals surface area contributed by atoms with Crippen LogP contribution in [0.1, 0.15) is 37.8 Å². The number of carboxylic acids is 1. The fourth-order valence-corrected chi connectivity index (χ4v) is 4.60. The molecule has 7 heteroatoms. The molecule has 1 saturated heterocycles. The summed E-state index contributed by atoms with van der Waals surface area (Å²) in [6, 6.07) is 24.1. The van der Waals surface area contributed by atoms with E-state index in [0.29, 0.717) is 24.2 Å². The fraction of sp³-hybridized carbons (Fsp3) is 0.276. The van der Waals surface area contributed by atoms with E-state index >= 15 is 0 Å². The van der Waals surface area contributed by atoms with Crippen LogP contribution in [0.5, 0.6) is 5.75 Å². The Balaban J connectivity index is 1.43.